The first-order valence-electron chi connectivity index (χ1n) is 21.0. The van der Waals surface area contributed by atoms with Crippen LogP contribution >= 0.6 is 0 Å². The lowest BCUT2D eigenvalue weighted by atomic mass is 9.82. The topological polar surface area (TPSA) is 38.7 Å². The first kappa shape index (κ1) is 35.2. The van der Waals surface area contributed by atoms with E-state index in [-0.39, 0.29) is 5.41 Å². The fourth-order valence-electron chi connectivity index (χ4n) is 9.88. The summed E-state index contributed by atoms with van der Waals surface area (Å²) in [5.74, 6) is 1.97. The van der Waals surface area contributed by atoms with Crippen molar-refractivity contribution in [1.82, 2.24) is 15.0 Å². The maximum atomic E-state index is 5.15. The van der Waals surface area contributed by atoms with Crippen LogP contribution in [-0.2, 0) is 5.41 Å². The van der Waals surface area contributed by atoms with Crippen LogP contribution in [0.5, 0.6) is 0 Å². The highest BCUT2D eigenvalue weighted by molar-refractivity contribution is 6.33. The van der Waals surface area contributed by atoms with E-state index in [1.807, 2.05) is 18.2 Å². The van der Waals surface area contributed by atoms with Gasteiger partial charge in [-0.1, -0.05) is 196 Å². The van der Waals surface area contributed by atoms with Gasteiger partial charge in [0.15, 0.2) is 17.5 Å². The molecule has 3 nitrogen and oxygen atoms in total. The molecule has 0 saturated carbocycles. The van der Waals surface area contributed by atoms with E-state index in [4.69, 9.17) is 15.0 Å². The first-order chi connectivity index (χ1) is 30.0. The van der Waals surface area contributed by atoms with E-state index >= 15 is 0 Å². The molecule has 0 radical (unpaired) electrons. The third-order valence-corrected chi connectivity index (χ3v) is 12.9. The number of fused-ring (bicyclic) bond motifs is 11. The van der Waals surface area contributed by atoms with Gasteiger partial charge in [-0.25, -0.2) is 15.0 Å². The second kappa shape index (κ2) is 13.7. The van der Waals surface area contributed by atoms with Crippen molar-refractivity contribution in [1.29, 1.82) is 0 Å². The summed E-state index contributed by atoms with van der Waals surface area (Å²) in [6.45, 7) is 4.61. The number of nitrogens with zero attached hydrogens (tertiary/aromatic N) is 3. The number of aromatic nitrogens is 3. The summed E-state index contributed by atoms with van der Waals surface area (Å²) in [6, 6.07) is 72.1. The molecule has 0 unspecified atom stereocenters. The number of rotatable bonds is 5. The third kappa shape index (κ3) is 5.62. The lowest BCUT2D eigenvalue weighted by Gasteiger charge is -2.21. The van der Waals surface area contributed by atoms with E-state index in [0.29, 0.717) is 17.5 Å². The summed E-state index contributed by atoms with van der Waals surface area (Å²) >= 11 is 0. The molecule has 1 aliphatic rings. The average Bonchev–Trinajstić information content (AvgIpc) is 3.56. The van der Waals surface area contributed by atoms with E-state index in [0.717, 1.165) is 27.8 Å². The van der Waals surface area contributed by atoms with Crippen LogP contribution < -0.4 is 0 Å². The smallest absolute Gasteiger partial charge is 0.164 e. The molecule has 10 aromatic carbocycles. The predicted octanol–water partition coefficient (Wildman–Crippen LogP) is 15.1. The second-order valence-corrected chi connectivity index (χ2v) is 16.7. The van der Waals surface area contributed by atoms with Gasteiger partial charge in [-0.05, 0) is 106 Å². The van der Waals surface area contributed by atoms with Gasteiger partial charge in [0.1, 0.15) is 0 Å². The van der Waals surface area contributed by atoms with E-state index < -0.39 is 0 Å². The van der Waals surface area contributed by atoms with Gasteiger partial charge in [-0.15, -0.1) is 0 Å². The Labute approximate surface area is 354 Å². The molecular formula is C58H39N3. The highest BCUT2D eigenvalue weighted by Gasteiger charge is 2.35. The average molecular weight is 778 g/mol. The Morgan fingerprint density at radius 2 is 0.754 bits per heavy atom. The summed E-state index contributed by atoms with van der Waals surface area (Å²) < 4.78 is 0. The van der Waals surface area contributed by atoms with Gasteiger partial charge in [-0.2, -0.15) is 0 Å². The molecule has 0 atom stereocenters. The second-order valence-electron chi connectivity index (χ2n) is 16.7. The van der Waals surface area contributed by atoms with E-state index in [2.05, 4.69) is 196 Å². The molecule has 286 valence electrons. The standard InChI is InChI=1S/C58H39N3/c1-58(2)52-26-13-12-23-46(52)47-32-31-41(34-53(47)58)57-60-55(37-15-4-3-5-16-37)59-56(61-57)38-29-27-36(28-30-38)39-17-14-18-40(33-39)50-35-51-44-21-7-6-19-42(44)43-20-8-10-24-48(43)54(51)49-25-11-9-22-45(49)50/h3-35H,1-2H3. The zero-order valence-electron chi connectivity index (χ0n) is 33.9. The molecule has 1 heterocycles. The van der Waals surface area contributed by atoms with Gasteiger partial charge in [0.05, 0.1) is 0 Å². The van der Waals surface area contributed by atoms with Crippen molar-refractivity contribution >= 4 is 43.1 Å². The van der Waals surface area contributed by atoms with Crippen LogP contribution in [0.25, 0.3) is 111 Å². The molecule has 1 aliphatic carbocycles. The summed E-state index contributed by atoms with van der Waals surface area (Å²) in [7, 11) is 0. The maximum Gasteiger partial charge on any atom is 0.164 e. The van der Waals surface area contributed by atoms with Crippen molar-refractivity contribution in [3.63, 3.8) is 0 Å². The molecule has 61 heavy (non-hydrogen) atoms. The van der Waals surface area contributed by atoms with Crippen LogP contribution in [0.15, 0.2) is 200 Å². The zero-order valence-corrected chi connectivity index (χ0v) is 33.9. The Bertz CT molecular complexity index is 3550. The lowest BCUT2D eigenvalue weighted by Crippen LogP contribution is -2.15. The number of hydrogen-bond donors (Lipinski definition) is 0. The largest absolute Gasteiger partial charge is 0.208 e. The monoisotopic (exact) mass is 777 g/mol. The van der Waals surface area contributed by atoms with E-state index in [1.165, 1.54) is 76.5 Å². The van der Waals surface area contributed by atoms with Gasteiger partial charge in [-0.3, -0.25) is 0 Å². The Morgan fingerprint density at radius 1 is 0.279 bits per heavy atom. The molecule has 12 rings (SSSR count). The number of benzene rings is 10. The van der Waals surface area contributed by atoms with Crippen molar-refractivity contribution in [2.45, 2.75) is 19.3 Å². The minimum atomic E-state index is -0.127. The Kier molecular flexibility index (Phi) is 7.88. The quantitative estimate of drug-likeness (QED) is 0.163. The Balaban J connectivity index is 0.950. The molecule has 11 aromatic rings. The Morgan fingerprint density at radius 3 is 1.48 bits per heavy atom. The summed E-state index contributed by atoms with van der Waals surface area (Å²) in [4.78, 5) is 15.3. The van der Waals surface area contributed by atoms with Gasteiger partial charge in [0.2, 0.25) is 0 Å². The Hall–Kier alpha value is -7.75. The molecule has 0 aliphatic heterocycles. The van der Waals surface area contributed by atoms with Crippen molar-refractivity contribution in [3.8, 4) is 67.5 Å². The van der Waals surface area contributed by atoms with Gasteiger partial charge in [0, 0.05) is 22.1 Å². The molecule has 0 N–H and O–H groups in total. The van der Waals surface area contributed by atoms with Crippen molar-refractivity contribution in [3.05, 3.63) is 211 Å². The predicted molar refractivity (Wildman–Crippen MR) is 255 cm³/mol. The van der Waals surface area contributed by atoms with E-state index in [9.17, 15) is 0 Å². The van der Waals surface area contributed by atoms with Gasteiger partial charge >= 0.3 is 0 Å². The summed E-state index contributed by atoms with van der Waals surface area (Å²) in [5, 5.41) is 10.2. The van der Waals surface area contributed by atoms with E-state index in [1.54, 1.807) is 0 Å². The zero-order chi connectivity index (χ0) is 40.7. The highest BCUT2D eigenvalue weighted by atomic mass is 15.0. The number of hydrogen-bond acceptors (Lipinski definition) is 3. The molecule has 0 saturated heterocycles. The van der Waals surface area contributed by atoms with Crippen LogP contribution in [0.2, 0.25) is 0 Å². The highest BCUT2D eigenvalue weighted by Crippen LogP contribution is 2.49. The van der Waals surface area contributed by atoms with Crippen LogP contribution in [0.3, 0.4) is 0 Å². The van der Waals surface area contributed by atoms with Crippen LogP contribution in [0.1, 0.15) is 25.0 Å². The van der Waals surface area contributed by atoms with Crippen LogP contribution in [0.4, 0.5) is 0 Å². The van der Waals surface area contributed by atoms with Crippen molar-refractivity contribution < 1.29 is 0 Å². The van der Waals surface area contributed by atoms with Crippen LogP contribution in [-0.4, -0.2) is 15.0 Å². The lowest BCUT2D eigenvalue weighted by molar-refractivity contribution is 0.660. The fourth-order valence-corrected chi connectivity index (χ4v) is 9.88. The van der Waals surface area contributed by atoms with Crippen molar-refractivity contribution in [2.24, 2.45) is 0 Å². The molecule has 3 heteroatoms. The molecule has 0 fully saturated rings. The normalized spacial score (nSPS) is 12.9. The fraction of sp³-hybridized carbons (Fsp3) is 0.0517. The molecule has 0 amide bonds. The molecule has 1 aromatic heterocycles. The maximum absolute atomic E-state index is 5.15. The van der Waals surface area contributed by atoms with Gasteiger partial charge in [0.25, 0.3) is 0 Å². The molecule has 0 bridgehead atoms. The van der Waals surface area contributed by atoms with Crippen LogP contribution in [0, 0.1) is 0 Å². The molecular weight excluding hydrogens is 739 g/mol. The van der Waals surface area contributed by atoms with Crippen molar-refractivity contribution in [2.75, 3.05) is 0 Å². The minimum absolute atomic E-state index is 0.127. The third-order valence-electron chi connectivity index (χ3n) is 12.9. The van der Waals surface area contributed by atoms with Gasteiger partial charge < -0.3 is 0 Å². The molecule has 0 spiro atoms. The summed E-state index contributed by atoms with van der Waals surface area (Å²) in [6.07, 6.45) is 0. The summed E-state index contributed by atoms with van der Waals surface area (Å²) in [5.41, 5.74) is 12.7. The minimum Gasteiger partial charge on any atom is -0.208 e. The SMILES string of the molecule is CC1(C)c2ccccc2-c2ccc(-c3nc(-c4ccccc4)nc(-c4ccc(-c5cccc(-c6cc7c8ccccc8c8ccccc8c7c7ccccc67)c5)cc4)n3)cc21. The first-order valence-corrected chi connectivity index (χ1v) is 21.0.